The second kappa shape index (κ2) is 5.61. The van der Waals surface area contributed by atoms with Crippen LogP contribution in [0.1, 0.15) is 26.7 Å². The van der Waals surface area contributed by atoms with Crippen molar-refractivity contribution < 1.29 is 9.59 Å². The van der Waals surface area contributed by atoms with Gasteiger partial charge in [0.05, 0.1) is 5.69 Å². The van der Waals surface area contributed by atoms with Gasteiger partial charge in [0.15, 0.2) is 4.75 Å². The third-order valence-corrected chi connectivity index (χ3v) is 5.93. The number of para-hydroxylation sites is 1. The number of fused-ring (bicyclic) bond motifs is 1. The molecule has 2 atom stereocenters. The molecular weight excluding hydrogens is 296 g/mol. The fourth-order valence-electron chi connectivity index (χ4n) is 3.32. The van der Waals surface area contributed by atoms with E-state index in [2.05, 4.69) is 6.92 Å². The highest BCUT2D eigenvalue weighted by Crippen LogP contribution is 2.45. The maximum atomic E-state index is 13.0. The number of carbonyl (C=O) groups excluding carboxylic acids is 2. The lowest BCUT2D eigenvalue weighted by Crippen LogP contribution is -2.57. The standard InChI is InChI=1S/C17H22N2O2S/c1-12-7-6-10-19(11-12)16(21)17(2)15(20)18(3)13-8-4-5-9-14(13)22-17/h4-5,8-9,12H,6-7,10-11H2,1-3H3/t12-,17+/m1/s1. The minimum atomic E-state index is -1.06. The number of hydrogen-bond acceptors (Lipinski definition) is 3. The molecule has 0 bridgehead atoms. The van der Waals surface area contributed by atoms with Gasteiger partial charge in [-0.05, 0) is 37.8 Å². The minimum Gasteiger partial charge on any atom is -0.341 e. The van der Waals surface area contributed by atoms with Crippen LogP contribution in [0.25, 0.3) is 0 Å². The van der Waals surface area contributed by atoms with Crippen LogP contribution in [0.4, 0.5) is 5.69 Å². The van der Waals surface area contributed by atoms with E-state index < -0.39 is 4.75 Å². The molecule has 0 spiro atoms. The Hall–Kier alpha value is -1.49. The monoisotopic (exact) mass is 318 g/mol. The lowest BCUT2D eigenvalue weighted by molar-refractivity contribution is -0.139. The summed E-state index contributed by atoms with van der Waals surface area (Å²) in [5.41, 5.74) is 0.884. The van der Waals surface area contributed by atoms with Crippen molar-refractivity contribution in [1.82, 2.24) is 4.90 Å². The second-order valence-corrected chi connectivity index (χ2v) is 7.93. The van der Waals surface area contributed by atoms with Crippen molar-refractivity contribution in [2.24, 2.45) is 5.92 Å². The molecule has 1 aromatic rings. The predicted molar refractivity (Wildman–Crippen MR) is 89.1 cm³/mol. The van der Waals surface area contributed by atoms with Gasteiger partial charge in [0, 0.05) is 25.0 Å². The molecule has 4 nitrogen and oxygen atoms in total. The van der Waals surface area contributed by atoms with E-state index in [1.807, 2.05) is 29.2 Å². The summed E-state index contributed by atoms with van der Waals surface area (Å²) in [5, 5.41) is 0. The maximum Gasteiger partial charge on any atom is 0.252 e. The molecule has 0 saturated carbocycles. The summed E-state index contributed by atoms with van der Waals surface area (Å²) in [6.45, 7) is 5.46. The lowest BCUT2D eigenvalue weighted by Gasteiger charge is -2.41. The van der Waals surface area contributed by atoms with Gasteiger partial charge < -0.3 is 9.80 Å². The fraction of sp³-hybridized carbons (Fsp3) is 0.529. The highest BCUT2D eigenvalue weighted by Gasteiger charge is 2.50. The SMILES string of the molecule is C[C@@H]1CCCN(C(=O)[C@@]2(C)Sc3ccccc3N(C)C2=O)C1. The average molecular weight is 318 g/mol. The van der Waals surface area contributed by atoms with E-state index >= 15 is 0 Å². The molecule has 1 saturated heterocycles. The van der Waals surface area contributed by atoms with E-state index in [4.69, 9.17) is 0 Å². The van der Waals surface area contributed by atoms with Gasteiger partial charge >= 0.3 is 0 Å². The molecule has 0 N–H and O–H groups in total. The Labute approximate surface area is 135 Å². The molecule has 1 fully saturated rings. The van der Waals surface area contributed by atoms with Crippen LogP contribution in [0.2, 0.25) is 0 Å². The van der Waals surface area contributed by atoms with Crippen LogP contribution in [0.15, 0.2) is 29.2 Å². The number of hydrogen-bond donors (Lipinski definition) is 0. The zero-order valence-electron chi connectivity index (χ0n) is 13.3. The number of benzene rings is 1. The number of anilines is 1. The highest BCUT2D eigenvalue weighted by atomic mass is 32.2. The van der Waals surface area contributed by atoms with Gasteiger partial charge in [0.2, 0.25) is 5.91 Å². The molecule has 118 valence electrons. The number of carbonyl (C=O) groups is 2. The van der Waals surface area contributed by atoms with Crippen LogP contribution < -0.4 is 4.90 Å². The van der Waals surface area contributed by atoms with Crippen LogP contribution in [0, 0.1) is 5.92 Å². The molecule has 2 amide bonds. The molecule has 0 radical (unpaired) electrons. The Morgan fingerprint density at radius 2 is 2.09 bits per heavy atom. The number of thioether (sulfide) groups is 1. The Morgan fingerprint density at radius 3 is 2.82 bits per heavy atom. The molecule has 2 heterocycles. The average Bonchev–Trinajstić information content (AvgIpc) is 2.52. The lowest BCUT2D eigenvalue weighted by atomic mass is 9.98. The summed E-state index contributed by atoms with van der Waals surface area (Å²) < 4.78 is -1.06. The first-order valence-electron chi connectivity index (χ1n) is 7.79. The summed E-state index contributed by atoms with van der Waals surface area (Å²) in [4.78, 5) is 30.4. The fourth-order valence-corrected chi connectivity index (χ4v) is 4.66. The maximum absolute atomic E-state index is 13.0. The van der Waals surface area contributed by atoms with Gasteiger partial charge in [-0.15, -0.1) is 0 Å². The minimum absolute atomic E-state index is 0.0459. The summed E-state index contributed by atoms with van der Waals surface area (Å²) in [7, 11) is 1.76. The topological polar surface area (TPSA) is 40.6 Å². The molecule has 0 aliphatic carbocycles. The molecule has 22 heavy (non-hydrogen) atoms. The zero-order valence-corrected chi connectivity index (χ0v) is 14.2. The Balaban J connectivity index is 1.92. The third-order valence-electron chi connectivity index (χ3n) is 4.61. The van der Waals surface area contributed by atoms with Gasteiger partial charge in [0.25, 0.3) is 5.91 Å². The van der Waals surface area contributed by atoms with Crippen molar-refractivity contribution in [1.29, 1.82) is 0 Å². The number of likely N-dealkylation sites (tertiary alicyclic amines) is 1. The molecule has 2 aliphatic rings. The highest BCUT2D eigenvalue weighted by molar-refractivity contribution is 8.02. The Kier molecular flexibility index (Phi) is 3.93. The summed E-state index contributed by atoms with van der Waals surface area (Å²) in [6.07, 6.45) is 2.18. The molecule has 5 heteroatoms. The summed E-state index contributed by atoms with van der Waals surface area (Å²) in [6, 6.07) is 7.77. The van der Waals surface area contributed by atoms with E-state index in [0.717, 1.165) is 36.5 Å². The van der Waals surface area contributed by atoms with E-state index in [0.29, 0.717) is 5.92 Å². The molecule has 2 aliphatic heterocycles. The van der Waals surface area contributed by atoms with Crippen molar-refractivity contribution in [2.75, 3.05) is 25.0 Å². The summed E-state index contributed by atoms with van der Waals surface area (Å²) >= 11 is 1.39. The first-order chi connectivity index (χ1) is 10.4. The van der Waals surface area contributed by atoms with E-state index in [9.17, 15) is 9.59 Å². The first kappa shape index (κ1) is 15.4. The Bertz CT molecular complexity index is 618. The number of nitrogens with zero attached hydrogens (tertiary/aromatic N) is 2. The second-order valence-electron chi connectivity index (χ2n) is 6.47. The Morgan fingerprint density at radius 1 is 1.36 bits per heavy atom. The van der Waals surface area contributed by atoms with Crippen molar-refractivity contribution in [3.05, 3.63) is 24.3 Å². The smallest absolute Gasteiger partial charge is 0.252 e. The van der Waals surface area contributed by atoms with E-state index in [1.54, 1.807) is 18.9 Å². The van der Waals surface area contributed by atoms with Crippen molar-refractivity contribution in [3.8, 4) is 0 Å². The predicted octanol–water partition coefficient (Wildman–Crippen LogP) is 2.77. The zero-order chi connectivity index (χ0) is 15.9. The van der Waals surface area contributed by atoms with Gasteiger partial charge in [-0.2, -0.15) is 0 Å². The van der Waals surface area contributed by atoms with Crippen LogP contribution >= 0.6 is 11.8 Å². The molecule has 1 aromatic carbocycles. The van der Waals surface area contributed by atoms with Gasteiger partial charge in [0.1, 0.15) is 0 Å². The van der Waals surface area contributed by atoms with Gasteiger partial charge in [-0.3, -0.25) is 9.59 Å². The largest absolute Gasteiger partial charge is 0.341 e. The first-order valence-corrected chi connectivity index (χ1v) is 8.60. The number of rotatable bonds is 1. The normalized spacial score (nSPS) is 28.5. The number of piperidine rings is 1. The van der Waals surface area contributed by atoms with Crippen LogP contribution in [-0.4, -0.2) is 41.6 Å². The van der Waals surface area contributed by atoms with Crippen molar-refractivity contribution in [3.63, 3.8) is 0 Å². The number of amides is 2. The molecule has 0 aromatic heterocycles. The van der Waals surface area contributed by atoms with Crippen LogP contribution in [0.5, 0.6) is 0 Å². The van der Waals surface area contributed by atoms with Crippen molar-refractivity contribution >= 4 is 29.3 Å². The van der Waals surface area contributed by atoms with Crippen LogP contribution in [-0.2, 0) is 9.59 Å². The van der Waals surface area contributed by atoms with E-state index in [-0.39, 0.29) is 11.8 Å². The molecule has 3 rings (SSSR count). The third kappa shape index (κ3) is 2.41. The quantitative estimate of drug-likeness (QED) is 0.748. The molecular formula is C17H22N2O2S. The van der Waals surface area contributed by atoms with E-state index in [1.165, 1.54) is 11.8 Å². The molecule has 0 unspecified atom stereocenters. The van der Waals surface area contributed by atoms with Gasteiger partial charge in [-0.25, -0.2) is 0 Å². The van der Waals surface area contributed by atoms with Crippen molar-refractivity contribution in [2.45, 2.75) is 36.3 Å². The summed E-state index contributed by atoms with van der Waals surface area (Å²) in [5.74, 6) is 0.338. The van der Waals surface area contributed by atoms with Gasteiger partial charge in [-0.1, -0.05) is 30.8 Å². The van der Waals surface area contributed by atoms with Crippen LogP contribution in [0.3, 0.4) is 0 Å².